The van der Waals surface area contributed by atoms with Crippen LogP contribution in [0.1, 0.15) is 19.4 Å². The smallest absolute Gasteiger partial charge is 0.236 e. The Balaban J connectivity index is 2.43. The number of hydrogen-bond acceptors (Lipinski definition) is 3. The lowest BCUT2D eigenvalue weighted by Crippen LogP contribution is -2.43. The van der Waals surface area contributed by atoms with E-state index in [-0.39, 0.29) is 25.1 Å². The van der Waals surface area contributed by atoms with Crippen molar-refractivity contribution >= 4 is 5.91 Å². The highest BCUT2D eigenvalue weighted by atomic mass is 16.3. The molecule has 1 rings (SSSR count). The molecule has 19 heavy (non-hydrogen) atoms. The molecule has 0 aromatic heterocycles. The van der Waals surface area contributed by atoms with E-state index < -0.39 is 0 Å². The Hall–Kier alpha value is -1.39. The first-order chi connectivity index (χ1) is 9.21. The predicted molar refractivity (Wildman–Crippen MR) is 77.0 cm³/mol. The Bertz CT molecular complexity index is 364. The van der Waals surface area contributed by atoms with Gasteiger partial charge in [-0.15, -0.1) is 0 Å². The number of carbonyl (C=O) groups excluding carboxylic acids is 1. The number of rotatable bonds is 8. The molecule has 0 spiro atoms. The van der Waals surface area contributed by atoms with Crippen LogP contribution in [0.5, 0.6) is 0 Å². The second kappa shape index (κ2) is 8.67. The minimum atomic E-state index is -0.0816. The van der Waals surface area contributed by atoms with Crippen molar-refractivity contribution in [1.82, 2.24) is 10.2 Å². The zero-order valence-corrected chi connectivity index (χ0v) is 11.8. The second-order valence-electron chi connectivity index (χ2n) is 4.52. The maximum absolute atomic E-state index is 11.9. The number of carbonyl (C=O) groups is 1. The van der Waals surface area contributed by atoms with Gasteiger partial charge in [-0.3, -0.25) is 4.79 Å². The zero-order chi connectivity index (χ0) is 14.1. The van der Waals surface area contributed by atoms with Gasteiger partial charge in [0, 0.05) is 19.1 Å². The summed E-state index contributed by atoms with van der Waals surface area (Å²) in [6.07, 6.45) is 0.725. The van der Waals surface area contributed by atoms with Crippen molar-refractivity contribution in [2.45, 2.75) is 26.3 Å². The molecule has 0 radical (unpaired) electrons. The van der Waals surface area contributed by atoms with E-state index in [1.54, 1.807) is 4.90 Å². The topological polar surface area (TPSA) is 52.6 Å². The van der Waals surface area contributed by atoms with Gasteiger partial charge in [-0.05, 0) is 25.8 Å². The van der Waals surface area contributed by atoms with Crippen LogP contribution in [-0.2, 0) is 11.2 Å². The Kier molecular flexibility index (Phi) is 7.15. The van der Waals surface area contributed by atoms with Gasteiger partial charge in [0.2, 0.25) is 5.91 Å². The summed E-state index contributed by atoms with van der Waals surface area (Å²) in [5.74, 6) is 0.0801. The molecule has 1 atom stereocenters. The van der Waals surface area contributed by atoms with E-state index in [2.05, 4.69) is 5.32 Å². The van der Waals surface area contributed by atoms with Crippen LogP contribution in [0.15, 0.2) is 30.3 Å². The van der Waals surface area contributed by atoms with E-state index in [0.717, 1.165) is 25.1 Å². The molecule has 4 heteroatoms. The lowest BCUT2D eigenvalue weighted by atomic mass is 10.1. The van der Waals surface area contributed by atoms with Gasteiger partial charge in [0.05, 0.1) is 13.2 Å². The number of amides is 1. The van der Waals surface area contributed by atoms with E-state index >= 15 is 0 Å². The molecule has 1 aromatic carbocycles. The average molecular weight is 264 g/mol. The average Bonchev–Trinajstić information content (AvgIpc) is 2.45. The van der Waals surface area contributed by atoms with E-state index in [4.69, 9.17) is 0 Å². The van der Waals surface area contributed by atoms with E-state index in [1.807, 2.05) is 44.2 Å². The van der Waals surface area contributed by atoms with Crippen LogP contribution >= 0.6 is 0 Å². The van der Waals surface area contributed by atoms with Gasteiger partial charge in [0.1, 0.15) is 0 Å². The van der Waals surface area contributed by atoms with Crippen molar-refractivity contribution in [1.29, 1.82) is 0 Å². The minimum Gasteiger partial charge on any atom is -0.395 e. The van der Waals surface area contributed by atoms with E-state index in [9.17, 15) is 9.90 Å². The lowest BCUT2D eigenvalue weighted by Gasteiger charge is -2.21. The summed E-state index contributed by atoms with van der Waals surface area (Å²) >= 11 is 0. The van der Waals surface area contributed by atoms with Crippen molar-refractivity contribution in [2.24, 2.45) is 0 Å². The molecule has 0 fully saturated rings. The van der Waals surface area contributed by atoms with Gasteiger partial charge in [-0.2, -0.15) is 0 Å². The highest BCUT2D eigenvalue weighted by Gasteiger charge is 2.13. The first-order valence-corrected chi connectivity index (χ1v) is 6.87. The summed E-state index contributed by atoms with van der Waals surface area (Å²) in [4.78, 5) is 13.6. The van der Waals surface area contributed by atoms with Crippen LogP contribution in [0, 0.1) is 0 Å². The molecule has 1 aromatic rings. The summed E-state index contributed by atoms with van der Waals surface area (Å²) in [6, 6.07) is 9.89. The lowest BCUT2D eigenvalue weighted by molar-refractivity contribution is -0.130. The van der Waals surface area contributed by atoms with Crippen LogP contribution < -0.4 is 5.32 Å². The molecule has 106 valence electrons. The number of nitrogens with one attached hydrogen (secondary N) is 1. The first kappa shape index (κ1) is 15.7. The first-order valence-electron chi connectivity index (χ1n) is 6.87. The van der Waals surface area contributed by atoms with Gasteiger partial charge in [-0.1, -0.05) is 30.3 Å². The summed E-state index contributed by atoms with van der Waals surface area (Å²) in [6.45, 7) is 5.68. The van der Waals surface area contributed by atoms with Gasteiger partial charge in [0.15, 0.2) is 0 Å². The molecule has 0 aliphatic heterocycles. The summed E-state index contributed by atoms with van der Waals surface area (Å²) < 4.78 is 0. The van der Waals surface area contributed by atoms with Crippen molar-refractivity contribution in [3.05, 3.63) is 35.9 Å². The zero-order valence-electron chi connectivity index (χ0n) is 11.8. The molecule has 1 amide bonds. The molecular formula is C15H24N2O2. The molecule has 0 saturated heterocycles. The second-order valence-corrected chi connectivity index (χ2v) is 4.52. The van der Waals surface area contributed by atoms with Crippen molar-refractivity contribution in [2.75, 3.05) is 26.2 Å². The summed E-state index contributed by atoms with van der Waals surface area (Å²) in [7, 11) is 0. The molecule has 2 N–H and O–H groups in total. The van der Waals surface area contributed by atoms with Gasteiger partial charge in [-0.25, -0.2) is 0 Å². The van der Waals surface area contributed by atoms with Crippen LogP contribution in [0.2, 0.25) is 0 Å². The third-order valence-corrected chi connectivity index (χ3v) is 3.20. The Morgan fingerprint density at radius 3 is 2.42 bits per heavy atom. The van der Waals surface area contributed by atoms with Crippen molar-refractivity contribution < 1.29 is 9.90 Å². The fourth-order valence-electron chi connectivity index (χ4n) is 2.02. The quantitative estimate of drug-likeness (QED) is 0.738. The van der Waals surface area contributed by atoms with Crippen LogP contribution in [0.3, 0.4) is 0 Å². The standard InChI is InChI=1S/C15H24N2O2/c1-3-17(4-2)15(19)11-16-14(12-18)10-13-8-6-5-7-9-13/h5-9,14,16,18H,3-4,10-12H2,1-2H3. The minimum absolute atomic E-state index is 0.0282. The van der Waals surface area contributed by atoms with Crippen LogP contribution in [0.4, 0.5) is 0 Å². The number of aliphatic hydroxyl groups is 1. The van der Waals surface area contributed by atoms with E-state index in [1.165, 1.54) is 0 Å². The van der Waals surface area contributed by atoms with Gasteiger partial charge >= 0.3 is 0 Å². The summed E-state index contributed by atoms with van der Waals surface area (Å²) in [5, 5.41) is 12.5. The fraction of sp³-hybridized carbons (Fsp3) is 0.533. The fourth-order valence-corrected chi connectivity index (χ4v) is 2.02. The number of benzene rings is 1. The van der Waals surface area contributed by atoms with Crippen molar-refractivity contribution in [3.8, 4) is 0 Å². The highest BCUT2D eigenvalue weighted by molar-refractivity contribution is 5.78. The SMILES string of the molecule is CCN(CC)C(=O)CNC(CO)Cc1ccccc1. The molecule has 0 aliphatic rings. The summed E-state index contributed by atoms with van der Waals surface area (Å²) in [5.41, 5.74) is 1.16. The maximum Gasteiger partial charge on any atom is 0.236 e. The highest BCUT2D eigenvalue weighted by Crippen LogP contribution is 2.02. The Morgan fingerprint density at radius 1 is 1.26 bits per heavy atom. The number of hydrogen-bond donors (Lipinski definition) is 2. The van der Waals surface area contributed by atoms with E-state index in [0.29, 0.717) is 0 Å². The maximum atomic E-state index is 11.9. The largest absolute Gasteiger partial charge is 0.395 e. The molecule has 1 unspecified atom stereocenters. The van der Waals surface area contributed by atoms with Gasteiger partial charge in [0.25, 0.3) is 0 Å². The van der Waals surface area contributed by atoms with Crippen LogP contribution in [-0.4, -0.2) is 48.2 Å². The normalized spacial score (nSPS) is 12.2. The Morgan fingerprint density at radius 2 is 1.89 bits per heavy atom. The van der Waals surface area contributed by atoms with Gasteiger partial charge < -0.3 is 15.3 Å². The Labute approximate surface area is 115 Å². The molecule has 0 heterocycles. The molecule has 0 aliphatic carbocycles. The third-order valence-electron chi connectivity index (χ3n) is 3.20. The molecular weight excluding hydrogens is 240 g/mol. The predicted octanol–water partition coefficient (Wildman–Crippen LogP) is 1.05. The molecule has 0 bridgehead atoms. The monoisotopic (exact) mass is 264 g/mol. The third kappa shape index (κ3) is 5.41. The van der Waals surface area contributed by atoms with Crippen LogP contribution in [0.25, 0.3) is 0 Å². The molecule has 0 saturated carbocycles. The van der Waals surface area contributed by atoms with Crippen molar-refractivity contribution in [3.63, 3.8) is 0 Å². The molecule has 4 nitrogen and oxygen atoms in total. The number of nitrogens with zero attached hydrogens (tertiary/aromatic N) is 1. The number of aliphatic hydroxyl groups excluding tert-OH is 1. The number of likely N-dealkylation sites (N-methyl/N-ethyl adjacent to an activating group) is 1.